The van der Waals surface area contributed by atoms with E-state index in [0.29, 0.717) is 23.8 Å². The highest BCUT2D eigenvalue weighted by Gasteiger charge is 2.26. The van der Waals surface area contributed by atoms with Crippen molar-refractivity contribution in [3.8, 4) is 5.75 Å². The Balaban J connectivity index is 1.41. The second kappa shape index (κ2) is 9.23. The molecule has 3 N–H and O–H groups in total. The molecular formula is C25H31N7O. The van der Waals surface area contributed by atoms with Gasteiger partial charge >= 0.3 is 0 Å². The largest absolute Gasteiger partial charge is 0.488 e. The number of anilines is 4. The van der Waals surface area contributed by atoms with Crippen LogP contribution in [0, 0.1) is 6.92 Å². The number of aromatic nitrogens is 4. The Morgan fingerprint density at radius 3 is 2.67 bits per heavy atom. The molecule has 5 rings (SSSR count). The SMILES string of the molecule is C=Cc1cnc(Nc2ccc(C3CCNCC3)cc2OC2CC2)nc1Nc1cn(C)nc1C. The third kappa shape index (κ3) is 5.01. The maximum absolute atomic E-state index is 6.27. The van der Waals surface area contributed by atoms with Gasteiger partial charge in [-0.1, -0.05) is 18.7 Å². The van der Waals surface area contributed by atoms with Crippen molar-refractivity contribution in [2.24, 2.45) is 7.05 Å². The van der Waals surface area contributed by atoms with E-state index in [2.05, 4.69) is 50.8 Å². The number of ether oxygens (including phenoxy) is 1. The summed E-state index contributed by atoms with van der Waals surface area (Å²) in [7, 11) is 1.90. The minimum Gasteiger partial charge on any atom is -0.488 e. The summed E-state index contributed by atoms with van der Waals surface area (Å²) >= 11 is 0. The van der Waals surface area contributed by atoms with Crippen LogP contribution in [0.4, 0.5) is 23.1 Å². The molecule has 0 bridgehead atoms. The van der Waals surface area contributed by atoms with Gasteiger partial charge < -0.3 is 20.7 Å². The predicted octanol–water partition coefficient (Wildman–Crippen LogP) is 4.66. The average Bonchev–Trinajstić information content (AvgIpc) is 3.58. The molecule has 1 saturated heterocycles. The van der Waals surface area contributed by atoms with E-state index in [1.165, 1.54) is 5.56 Å². The molecule has 8 heteroatoms. The summed E-state index contributed by atoms with van der Waals surface area (Å²) in [5, 5.41) is 14.6. The normalized spacial score (nSPS) is 16.4. The smallest absolute Gasteiger partial charge is 0.229 e. The number of rotatable bonds is 8. The van der Waals surface area contributed by atoms with E-state index in [9.17, 15) is 0 Å². The lowest BCUT2D eigenvalue weighted by Crippen LogP contribution is -2.26. The van der Waals surface area contributed by atoms with Gasteiger partial charge in [-0.25, -0.2) is 4.98 Å². The number of benzene rings is 1. The lowest BCUT2D eigenvalue weighted by molar-refractivity contribution is 0.304. The second-order valence-corrected chi connectivity index (χ2v) is 8.85. The zero-order valence-corrected chi connectivity index (χ0v) is 19.3. The van der Waals surface area contributed by atoms with E-state index in [0.717, 1.165) is 67.2 Å². The summed E-state index contributed by atoms with van der Waals surface area (Å²) in [5.41, 5.74) is 4.84. The molecule has 8 nitrogen and oxygen atoms in total. The maximum Gasteiger partial charge on any atom is 0.229 e. The lowest BCUT2D eigenvalue weighted by Gasteiger charge is -2.24. The van der Waals surface area contributed by atoms with E-state index in [1.807, 2.05) is 20.2 Å². The number of nitrogens with one attached hydrogen (secondary N) is 3. The first kappa shape index (κ1) is 21.5. The van der Waals surface area contributed by atoms with Crippen molar-refractivity contribution < 1.29 is 4.74 Å². The van der Waals surface area contributed by atoms with E-state index >= 15 is 0 Å². The fourth-order valence-corrected chi connectivity index (χ4v) is 4.19. The van der Waals surface area contributed by atoms with Crippen LogP contribution in [0.2, 0.25) is 0 Å². The predicted molar refractivity (Wildman–Crippen MR) is 132 cm³/mol. The summed E-state index contributed by atoms with van der Waals surface area (Å²) in [4.78, 5) is 9.23. The highest BCUT2D eigenvalue weighted by molar-refractivity contribution is 5.71. The molecule has 2 fully saturated rings. The molecule has 1 aliphatic heterocycles. The Hall–Kier alpha value is -3.39. The molecule has 3 heterocycles. The van der Waals surface area contributed by atoms with Gasteiger partial charge in [-0.3, -0.25) is 4.68 Å². The summed E-state index contributed by atoms with van der Waals surface area (Å²) in [5.74, 6) is 2.63. The standard InChI is InChI=1S/C25H31N7O/c1-4-17-14-27-25(30-24(17)28-22-15-32(3)31-16(22)2)29-21-8-5-19(18-9-11-26-12-10-18)13-23(21)33-20-6-7-20/h4-5,8,13-15,18,20,26H,1,6-7,9-12H2,2-3H3,(H2,27,28,29,30). The van der Waals surface area contributed by atoms with Gasteiger partial charge in [0.15, 0.2) is 0 Å². The molecule has 0 unspecified atom stereocenters. The summed E-state index contributed by atoms with van der Waals surface area (Å²) in [6, 6.07) is 6.50. The summed E-state index contributed by atoms with van der Waals surface area (Å²) in [6.45, 7) is 7.99. The highest BCUT2D eigenvalue weighted by Crippen LogP contribution is 2.37. The lowest BCUT2D eigenvalue weighted by atomic mass is 9.90. The third-order valence-electron chi connectivity index (χ3n) is 6.18. The summed E-state index contributed by atoms with van der Waals surface area (Å²) < 4.78 is 8.05. The Morgan fingerprint density at radius 2 is 1.97 bits per heavy atom. The van der Waals surface area contributed by atoms with Crippen LogP contribution in [0.1, 0.15) is 48.4 Å². The number of hydrogen-bond acceptors (Lipinski definition) is 7. The average molecular weight is 446 g/mol. The van der Waals surface area contributed by atoms with Gasteiger partial charge in [-0.05, 0) is 69.3 Å². The fraction of sp³-hybridized carbons (Fsp3) is 0.400. The highest BCUT2D eigenvalue weighted by atomic mass is 16.5. The van der Waals surface area contributed by atoms with Crippen LogP contribution >= 0.6 is 0 Å². The van der Waals surface area contributed by atoms with Gasteiger partial charge in [-0.2, -0.15) is 10.1 Å². The molecular weight excluding hydrogens is 414 g/mol. The van der Waals surface area contributed by atoms with Crippen LogP contribution < -0.4 is 20.7 Å². The number of aryl methyl sites for hydroxylation is 2. The van der Waals surface area contributed by atoms with E-state index < -0.39 is 0 Å². The summed E-state index contributed by atoms with van der Waals surface area (Å²) in [6.07, 6.45) is 10.3. The van der Waals surface area contributed by atoms with Crippen LogP contribution in [0.25, 0.3) is 6.08 Å². The van der Waals surface area contributed by atoms with Gasteiger partial charge in [0.2, 0.25) is 5.95 Å². The van der Waals surface area contributed by atoms with Crippen LogP contribution in [0.15, 0.2) is 37.2 Å². The minimum atomic E-state index is 0.309. The Bertz CT molecular complexity index is 1150. The molecule has 2 aliphatic rings. The Morgan fingerprint density at radius 1 is 1.15 bits per heavy atom. The number of hydrogen-bond donors (Lipinski definition) is 3. The van der Waals surface area contributed by atoms with E-state index in [1.54, 1.807) is 17.0 Å². The van der Waals surface area contributed by atoms with Gasteiger partial charge in [0, 0.05) is 25.0 Å². The maximum atomic E-state index is 6.27. The zero-order valence-electron chi connectivity index (χ0n) is 19.3. The molecule has 1 saturated carbocycles. The topological polar surface area (TPSA) is 88.9 Å². The molecule has 0 amide bonds. The number of piperidine rings is 1. The monoisotopic (exact) mass is 445 g/mol. The fourth-order valence-electron chi connectivity index (χ4n) is 4.19. The van der Waals surface area contributed by atoms with Gasteiger partial charge in [0.1, 0.15) is 11.6 Å². The van der Waals surface area contributed by atoms with Gasteiger partial charge in [-0.15, -0.1) is 0 Å². The van der Waals surface area contributed by atoms with Crippen LogP contribution in [0.5, 0.6) is 5.75 Å². The van der Waals surface area contributed by atoms with Crippen molar-refractivity contribution in [2.75, 3.05) is 23.7 Å². The first-order chi connectivity index (χ1) is 16.1. The molecule has 2 aromatic heterocycles. The van der Waals surface area contributed by atoms with Crippen molar-refractivity contribution in [3.63, 3.8) is 0 Å². The van der Waals surface area contributed by atoms with Crippen LogP contribution in [0.3, 0.4) is 0 Å². The van der Waals surface area contributed by atoms with Gasteiger partial charge in [0.25, 0.3) is 0 Å². The van der Waals surface area contributed by atoms with Gasteiger partial charge in [0.05, 0.1) is 23.2 Å². The Kier molecular flexibility index (Phi) is 6.00. The zero-order chi connectivity index (χ0) is 22.8. The van der Waals surface area contributed by atoms with E-state index in [-0.39, 0.29) is 0 Å². The molecule has 3 aromatic rings. The molecule has 0 atom stereocenters. The van der Waals surface area contributed by atoms with Crippen molar-refractivity contribution in [3.05, 3.63) is 54.0 Å². The molecule has 33 heavy (non-hydrogen) atoms. The van der Waals surface area contributed by atoms with Crippen molar-refractivity contribution in [1.29, 1.82) is 0 Å². The minimum absolute atomic E-state index is 0.309. The third-order valence-corrected chi connectivity index (χ3v) is 6.18. The Labute approximate surface area is 194 Å². The van der Waals surface area contributed by atoms with Crippen molar-refractivity contribution >= 4 is 29.2 Å². The van der Waals surface area contributed by atoms with Crippen molar-refractivity contribution in [2.45, 2.75) is 44.6 Å². The van der Waals surface area contributed by atoms with Crippen molar-refractivity contribution in [1.82, 2.24) is 25.1 Å². The second-order valence-electron chi connectivity index (χ2n) is 8.85. The molecule has 1 aromatic carbocycles. The molecule has 172 valence electrons. The first-order valence-corrected chi connectivity index (χ1v) is 11.6. The van der Waals surface area contributed by atoms with Crippen LogP contribution in [-0.4, -0.2) is 38.9 Å². The molecule has 1 aliphatic carbocycles. The molecule has 0 spiro atoms. The first-order valence-electron chi connectivity index (χ1n) is 11.6. The molecule has 0 radical (unpaired) electrons. The van der Waals surface area contributed by atoms with E-state index in [4.69, 9.17) is 9.72 Å². The quantitative estimate of drug-likeness (QED) is 0.465. The van der Waals surface area contributed by atoms with Crippen LogP contribution in [-0.2, 0) is 7.05 Å². The number of nitrogens with zero attached hydrogens (tertiary/aromatic N) is 4.